The van der Waals surface area contributed by atoms with Crippen LogP contribution in [0.2, 0.25) is 0 Å². The van der Waals surface area contributed by atoms with E-state index in [-0.39, 0.29) is 0 Å². The summed E-state index contributed by atoms with van der Waals surface area (Å²) in [5, 5.41) is 11.0. The zero-order chi connectivity index (χ0) is 44.0. The lowest BCUT2D eigenvalue weighted by atomic mass is 10.1. The van der Waals surface area contributed by atoms with Gasteiger partial charge in [0.25, 0.3) is 0 Å². The quantitative estimate of drug-likeness (QED) is 0.157. The van der Waals surface area contributed by atoms with Crippen LogP contribution in [0.5, 0.6) is 23.0 Å². The molecular weight excluding hydrogens is 829 g/mol. The molecule has 0 aliphatic heterocycles. The lowest BCUT2D eigenvalue weighted by Crippen LogP contribution is -2.01. The Hall–Kier alpha value is -9.41. The molecule has 6 heterocycles. The van der Waals surface area contributed by atoms with Gasteiger partial charge in [-0.15, -0.1) is 0 Å². The molecule has 0 bridgehead atoms. The van der Waals surface area contributed by atoms with E-state index >= 15 is 0 Å². The van der Waals surface area contributed by atoms with Gasteiger partial charge in [0.05, 0.1) is 33.1 Å². The average Bonchev–Trinajstić information content (AvgIpc) is 4.01. The van der Waals surface area contributed by atoms with E-state index in [1.165, 1.54) is 12.7 Å². The molecule has 0 fully saturated rings. The molecule has 14 rings (SSSR count). The Morgan fingerprint density at radius 2 is 0.657 bits per heavy atom. The van der Waals surface area contributed by atoms with Crippen LogP contribution in [-0.2, 0) is 0 Å². The molecule has 8 aromatic carbocycles. The van der Waals surface area contributed by atoms with Crippen LogP contribution < -0.4 is 9.47 Å². The summed E-state index contributed by atoms with van der Waals surface area (Å²) in [6, 6.07) is 62.5. The van der Waals surface area contributed by atoms with Crippen molar-refractivity contribution in [3.05, 3.63) is 207 Å². The van der Waals surface area contributed by atoms with Crippen molar-refractivity contribution < 1.29 is 9.47 Å². The minimum Gasteiger partial charge on any atom is -0.457 e. The van der Waals surface area contributed by atoms with E-state index in [9.17, 15) is 0 Å². The van der Waals surface area contributed by atoms with Gasteiger partial charge in [0.1, 0.15) is 47.3 Å². The topological polar surface area (TPSA) is 97.7 Å². The molecule has 67 heavy (non-hydrogen) atoms. The van der Waals surface area contributed by atoms with Crippen molar-refractivity contribution in [3.8, 4) is 40.6 Å². The molecule has 0 spiro atoms. The molecule has 0 saturated heterocycles. The van der Waals surface area contributed by atoms with E-state index in [1.54, 1.807) is 0 Å². The maximum atomic E-state index is 6.73. The third-order valence-electron chi connectivity index (χ3n) is 12.8. The van der Waals surface area contributed by atoms with Gasteiger partial charge in [-0.2, -0.15) is 0 Å². The van der Waals surface area contributed by atoms with Gasteiger partial charge in [-0.3, -0.25) is 13.7 Å². The largest absolute Gasteiger partial charge is 0.457 e. The molecule has 314 valence electrons. The third-order valence-corrected chi connectivity index (χ3v) is 12.8. The Morgan fingerprint density at radius 1 is 0.299 bits per heavy atom. The number of nitrogens with zero attached hydrogens (tertiary/aromatic N) is 8. The Labute approximate surface area is 381 Å². The number of hydrogen-bond acceptors (Lipinski definition) is 7. The molecule has 0 amide bonds. The number of para-hydroxylation sites is 2. The van der Waals surface area contributed by atoms with Crippen molar-refractivity contribution in [2.75, 3.05) is 0 Å². The zero-order valence-corrected chi connectivity index (χ0v) is 35.5. The summed E-state index contributed by atoms with van der Waals surface area (Å²) in [6.07, 6.45) is 6.90. The first-order valence-electron chi connectivity index (χ1n) is 22.0. The third kappa shape index (κ3) is 5.93. The smallest absolute Gasteiger partial charge is 0.237 e. The van der Waals surface area contributed by atoms with Crippen LogP contribution in [0.4, 0.5) is 0 Å². The molecule has 6 aromatic heterocycles. The molecule has 10 nitrogen and oxygen atoms in total. The first-order chi connectivity index (χ1) is 33.2. The predicted octanol–water partition coefficient (Wildman–Crippen LogP) is 13.8. The first kappa shape index (κ1) is 37.0. The summed E-state index contributed by atoms with van der Waals surface area (Å²) in [5.74, 6) is 4.89. The highest BCUT2D eigenvalue weighted by Crippen LogP contribution is 2.40. The highest BCUT2D eigenvalue weighted by atomic mass is 16.5. The van der Waals surface area contributed by atoms with Gasteiger partial charge >= 0.3 is 0 Å². The molecule has 10 heteroatoms. The van der Waals surface area contributed by atoms with E-state index in [0.717, 1.165) is 98.6 Å². The van der Waals surface area contributed by atoms with Gasteiger partial charge < -0.3 is 9.47 Å². The molecule has 0 unspecified atom stereocenters. The normalized spacial score (nSPS) is 11.9. The number of aromatic nitrogens is 8. The zero-order valence-electron chi connectivity index (χ0n) is 35.5. The number of rotatable bonds is 7. The van der Waals surface area contributed by atoms with Crippen molar-refractivity contribution >= 4 is 87.0 Å². The maximum Gasteiger partial charge on any atom is 0.237 e. The van der Waals surface area contributed by atoms with Crippen LogP contribution in [-0.4, -0.2) is 38.6 Å². The van der Waals surface area contributed by atoms with Crippen LogP contribution in [0.1, 0.15) is 0 Å². The lowest BCUT2D eigenvalue weighted by molar-refractivity contribution is 0.484. The Bertz CT molecular complexity index is 4050. The summed E-state index contributed by atoms with van der Waals surface area (Å²) < 4.78 is 19.9. The van der Waals surface area contributed by atoms with E-state index in [0.29, 0.717) is 28.9 Å². The highest BCUT2D eigenvalue weighted by Gasteiger charge is 2.20. The van der Waals surface area contributed by atoms with Gasteiger partial charge in [0.15, 0.2) is 0 Å². The Morgan fingerprint density at radius 3 is 1.09 bits per heavy atom. The highest BCUT2D eigenvalue weighted by molar-refractivity contribution is 6.12. The summed E-state index contributed by atoms with van der Waals surface area (Å²) in [6.45, 7) is 0. The van der Waals surface area contributed by atoms with Gasteiger partial charge in [-0.25, -0.2) is 24.9 Å². The fraction of sp³-hybridized carbons (Fsp3) is 0. The molecule has 0 saturated carbocycles. The predicted molar refractivity (Wildman–Crippen MR) is 266 cm³/mol. The van der Waals surface area contributed by atoms with E-state index in [4.69, 9.17) is 19.4 Å². The summed E-state index contributed by atoms with van der Waals surface area (Å²) >= 11 is 0. The van der Waals surface area contributed by atoms with E-state index in [1.807, 2.05) is 65.5 Å². The standard InChI is InChI=1S/C57H34N8O2/c1-3-11-37-31-59-55(25-35(37)9-1)63-49-15-7-5-13-43(49)45-21-17-39(27-51(45)63)66-41-19-23-47-48-24-20-42(30-54(48)65(53(47)29-41)57-61-33-58-34-62-57)67-40-18-22-46-44-14-6-8-16-50(44)64(52(46)28-40)56-26-36-10-2-4-12-38(36)32-60-56/h1-34H. The van der Waals surface area contributed by atoms with Crippen LogP contribution in [0, 0.1) is 0 Å². The number of pyridine rings is 2. The number of benzene rings is 8. The van der Waals surface area contributed by atoms with Crippen LogP contribution in [0.3, 0.4) is 0 Å². The van der Waals surface area contributed by atoms with Crippen LogP contribution in [0.15, 0.2) is 207 Å². The van der Waals surface area contributed by atoms with Crippen molar-refractivity contribution in [3.63, 3.8) is 0 Å². The molecule has 0 atom stereocenters. The molecule has 0 aliphatic rings. The second-order valence-corrected chi connectivity index (χ2v) is 16.7. The van der Waals surface area contributed by atoms with E-state index in [2.05, 4.69) is 158 Å². The fourth-order valence-corrected chi connectivity index (χ4v) is 9.85. The minimum atomic E-state index is 0.479. The van der Waals surface area contributed by atoms with Crippen molar-refractivity contribution in [2.45, 2.75) is 0 Å². The lowest BCUT2D eigenvalue weighted by Gasteiger charge is -2.11. The molecule has 0 N–H and O–H groups in total. The van der Waals surface area contributed by atoms with Gasteiger partial charge in [0.2, 0.25) is 5.95 Å². The van der Waals surface area contributed by atoms with E-state index < -0.39 is 0 Å². The minimum absolute atomic E-state index is 0.479. The summed E-state index contributed by atoms with van der Waals surface area (Å²) in [7, 11) is 0. The first-order valence-corrected chi connectivity index (χ1v) is 22.0. The summed E-state index contributed by atoms with van der Waals surface area (Å²) in [4.78, 5) is 23.2. The second kappa shape index (κ2) is 14.6. The number of ether oxygens (including phenoxy) is 2. The average molecular weight is 863 g/mol. The van der Waals surface area contributed by atoms with Crippen molar-refractivity contribution in [1.82, 2.24) is 38.6 Å². The fourth-order valence-electron chi connectivity index (χ4n) is 9.85. The number of hydrogen-bond donors (Lipinski definition) is 0. The van der Waals surface area contributed by atoms with Crippen molar-refractivity contribution in [2.24, 2.45) is 0 Å². The molecule has 14 aromatic rings. The van der Waals surface area contributed by atoms with Crippen molar-refractivity contribution in [1.29, 1.82) is 0 Å². The van der Waals surface area contributed by atoms with Crippen LogP contribution >= 0.6 is 0 Å². The molecular formula is C57H34N8O2. The number of fused-ring (bicyclic) bond motifs is 11. The Balaban J connectivity index is 0.859. The van der Waals surface area contributed by atoms with Gasteiger partial charge in [-0.1, -0.05) is 84.9 Å². The molecule has 0 radical (unpaired) electrons. The monoisotopic (exact) mass is 862 g/mol. The van der Waals surface area contributed by atoms with Crippen LogP contribution in [0.25, 0.3) is 105 Å². The molecule has 0 aliphatic carbocycles. The Kier molecular flexibility index (Phi) is 8.04. The maximum absolute atomic E-state index is 6.73. The summed E-state index contributed by atoms with van der Waals surface area (Å²) in [5.41, 5.74) is 5.90. The SMILES string of the molecule is c1ccc2cc(-n3c4ccccc4c4ccc(Oc5ccc6c7ccc(Oc8ccc9c%10ccccc%10n(-c%10cc%11ccccc%11cn%10)c9c8)cc7n(-c7ncncn7)c6c5)cc43)ncc2c1. The second-order valence-electron chi connectivity index (χ2n) is 16.7. The van der Waals surface area contributed by atoms with Gasteiger partial charge in [0, 0.05) is 79.7 Å². The van der Waals surface area contributed by atoms with Gasteiger partial charge in [-0.05, 0) is 83.6 Å².